The first-order valence-electron chi connectivity index (χ1n) is 10.1. The highest BCUT2D eigenvalue weighted by Crippen LogP contribution is 2.32. The lowest BCUT2D eigenvalue weighted by Gasteiger charge is -2.27. The molecule has 152 valence electrons. The quantitative estimate of drug-likeness (QED) is 0.507. The Morgan fingerprint density at radius 2 is 1.73 bits per heavy atom. The Hall–Kier alpha value is -3.38. The molecule has 1 N–H and O–H groups in total. The van der Waals surface area contributed by atoms with Crippen LogP contribution in [0.15, 0.2) is 60.8 Å². The molecule has 0 aliphatic heterocycles. The van der Waals surface area contributed by atoms with Gasteiger partial charge in [0.05, 0.1) is 16.8 Å². The Bertz CT molecular complexity index is 1160. The van der Waals surface area contributed by atoms with E-state index in [4.69, 9.17) is 4.98 Å². The fraction of sp³-hybridized carbons (Fsp3) is 0.250. The second-order valence-electron chi connectivity index (χ2n) is 7.70. The molecule has 1 aromatic carbocycles. The van der Waals surface area contributed by atoms with Crippen molar-refractivity contribution in [3.05, 3.63) is 72.2 Å². The van der Waals surface area contributed by atoms with Crippen molar-refractivity contribution in [2.24, 2.45) is 5.92 Å². The zero-order valence-electron chi connectivity index (χ0n) is 17.4. The molecule has 6 nitrogen and oxygen atoms in total. The van der Waals surface area contributed by atoms with Gasteiger partial charge in [0.15, 0.2) is 11.5 Å². The monoisotopic (exact) mass is 399 g/mol. The molecule has 0 radical (unpaired) electrons. The summed E-state index contributed by atoms with van der Waals surface area (Å²) in [6.07, 6.45) is 1.76. The average molecular weight is 399 g/mol. The van der Waals surface area contributed by atoms with Crippen LogP contribution in [0.5, 0.6) is 0 Å². The van der Waals surface area contributed by atoms with Gasteiger partial charge >= 0.3 is 0 Å². The maximum atomic E-state index is 9.80. The first-order chi connectivity index (χ1) is 14.6. The van der Waals surface area contributed by atoms with Crippen molar-refractivity contribution in [3.8, 4) is 11.4 Å². The van der Waals surface area contributed by atoms with Crippen molar-refractivity contribution >= 4 is 22.5 Å². The number of hydrogen-bond acceptors (Lipinski definition) is 6. The van der Waals surface area contributed by atoms with Crippen molar-refractivity contribution in [2.45, 2.75) is 27.4 Å². The third kappa shape index (κ3) is 4.00. The van der Waals surface area contributed by atoms with Crippen LogP contribution in [0.4, 0.5) is 11.5 Å². The number of rotatable bonds is 6. The van der Waals surface area contributed by atoms with Crippen LogP contribution >= 0.6 is 0 Å². The van der Waals surface area contributed by atoms with E-state index in [9.17, 15) is 5.11 Å². The first-order valence-corrected chi connectivity index (χ1v) is 10.1. The number of benzene rings is 1. The summed E-state index contributed by atoms with van der Waals surface area (Å²) in [4.78, 5) is 20.6. The van der Waals surface area contributed by atoms with Gasteiger partial charge in [-0.05, 0) is 48.7 Å². The molecule has 30 heavy (non-hydrogen) atoms. The van der Waals surface area contributed by atoms with E-state index < -0.39 is 0 Å². The summed E-state index contributed by atoms with van der Waals surface area (Å²) in [7, 11) is 0. The lowest BCUT2D eigenvalue weighted by molar-refractivity contribution is 0.272. The first kappa shape index (κ1) is 19.9. The van der Waals surface area contributed by atoms with E-state index in [1.54, 1.807) is 6.20 Å². The summed E-state index contributed by atoms with van der Waals surface area (Å²) >= 11 is 0. The van der Waals surface area contributed by atoms with E-state index in [1.165, 1.54) is 0 Å². The summed E-state index contributed by atoms with van der Waals surface area (Å²) in [5.41, 5.74) is 4.22. The largest absolute Gasteiger partial charge is 0.388 e. The molecular weight excluding hydrogens is 374 g/mol. The minimum absolute atomic E-state index is 0.248. The van der Waals surface area contributed by atoms with Gasteiger partial charge in [-0.15, -0.1) is 0 Å². The molecule has 0 aliphatic rings. The number of aliphatic hydroxyl groups is 1. The number of para-hydroxylation sites is 1. The maximum absolute atomic E-state index is 9.80. The van der Waals surface area contributed by atoms with Gasteiger partial charge in [0.25, 0.3) is 0 Å². The number of anilines is 2. The second kappa shape index (κ2) is 8.55. The van der Waals surface area contributed by atoms with Gasteiger partial charge in [-0.25, -0.2) is 15.0 Å². The maximum Gasteiger partial charge on any atom is 0.165 e. The zero-order valence-corrected chi connectivity index (χ0v) is 17.4. The molecule has 6 heteroatoms. The number of hydrogen-bond donors (Lipinski definition) is 1. The van der Waals surface area contributed by atoms with Crippen LogP contribution < -0.4 is 4.90 Å². The van der Waals surface area contributed by atoms with Crippen molar-refractivity contribution < 1.29 is 5.11 Å². The number of fused-ring (bicyclic) bond motifs is 1. The number of aromatic nitrogens is 4. The highest BCUT2D eigenvalue weighted by Gasteiger charge is 2.19. The van der Waals surface area contributed by atoms with Crippen LogP contribution in [0.25, 0.3) is 22.4 Å². The fourth-order valence-corrected chi connectivity index (χ4v) is 3.49. The van der Waals surface area contributed by atoms with Crippen molar-refractivity contribution in [3.63, 3.8) is 0 Å². The van der Waals surface area contributed by atoms with Crippen molar-refractivity contribution in [1.82, 2.24) is 19.9 Å². The van der Waals surface area contributed by atoms with Crippen LogP contribution in [-0.2, 0) is 6.61 Å². The summed E-state index contributed by atoms with van der Waals surface area (Å²) < 4.78 is 0. The molecule has 4 aromatic rings. The van der Waals surface area contributed by atoms with E-state index in [0.717, 1.165) is 40.4 Å². The van der Waals surface area contributed by atoms with Crippen LogP contribution in [0.3, 0.4) is 0 Å². The lowest BCUT2D eigenvalue weighted by atomic mass is 10.1. The predicted molar refractivity (Wildman–Crippen MR) is 120 cm³/mol. The van der Waals surface area contributed by atoms with Crippen LogP contribution in [0.1, 0.15) is 25.2 Å². The molecule has 0 spiro atoms. The Morgan fingerprint density at radius 1 is 0.933 bits per heavy atom. The van der Waals surface area contributed by atoms with E-state index in [-0.39, 0.29) is 6.61 Å². The van der Waals surface area contributed by atoms with Gasteiger partial charge in [0.2, 0.25) is 0 Å². The van der Waals surface area contributed by atoms with Crippen LogP contribution in [-0.4, -0.2) is 31.6 Å². The summed E-state index contributed by atoms with van der Waals surface area (Å²) in [5, 5.41) is 10.6. The molecule has 0 saturated heterocycles. The highest BCUT2D eigenvalue weighted by molar-refractivity contribution is 5.90. The van der Waals surface area contributed by atoms with Gasteiger partial charge in [-0.3, -0.25) is 4.98 Å². The molecule has 0 fully saturated rings. The third-order valence-corrected chi connectivity index (χ3v) is 4.85. The summed E-state index contributed by atoms with van der Waals surface area (Å²) in [5.74, 6) is 1.52. The molecule has 3 heterocycles. The van der Waals surface area contributed by atoms with Gasteiger partial charge in [-0.1, -0.05) is 38.1 Å². The van der Waals surface area contributed by atoms with Crippen LogP contribution in [0, 0.1) is 12.8 Å². The smallest absolute Gasteiger partial charge is 0.165 e. The minimum Gasteiger partial charge on any atom is -0.388 e. The molecular formula is C24H25N5O. The van der Waals surface area contributed by atoms with E-state index >= 15 is 0 Å². The molecule has 0 amide bonds. The normalized spacial score (nSPS) is 11.2. The Kier molecular flexibility index (Phi) is 5.68. The molecule has 0 aliphatic carbocycles. The van der Waals surface area contributed by atoms with Crippen molar-refractivity contribution in [1.29, 1.82) is 0 Å². The summed E-state index contributed by atoms with van der Waals surface area (Å²) in [6.45, 7) is 6.89. The molecule has 4 rings (SSSR count). The summed E-state index contributed by atoms with van der Waals surface area (Å²) in [6, 6.07) is 18.0. The van der Waals surface area contributed by atoms with E-state index in [0.29, 0.717) is 17.4 Å². The van der Waals surface area contributed by atoms with Crippen LogP contribution in [0.2, 0.25) is 0 Å². The second-order valence-corrected chi connectivity index (χ2v) is 7.70. The molecule has 3 aromatic heterocycles. The Morgan fingerprint density at radius 3 is 2.43 bits per heavy atom. The molecule has 0 saturated carbocycles. The van der Waals surface area contributed by atoms with Crippen molar-refractivity contribution in [2.75, 3.05) is 11.4 Å². The SMILES string of the molecule is Cc1cccnc1-c1ccc2c(N(CC(C)C)c3ccccc3)nc(CO)nc2n1. The lowest BCUT2D eigenvalue weighted by Crippen LogP contribution is -2.24. The molecule has 0 unspecified atom stereocenters. The molecule has 0 atom stereocenters. The average Bonchev–Trinajstić information content (AvgIpc) is 2.77. The minimum atomic E-state index is -0.248. The van der Waals surface area contributed by atoms with Gasteiger partial charge < -0.3 is 10.0 Å². The zero-order chi connectivity index (χ0) is 21.1. The fourth-order valence-electron chi connectivity index (χ4n) is 3.49. The van der Waals surface area contributed by atoms with Gasteiger partial charge in [0, 0.05) is 18.4 Å². The Labute approximate surface area is 176 Å². The van der Waals surface area contributed by atoms with E-state index in [1.807, 2.05) is 49.4 Å². The number of aryl methyl sites for hydroxylation is 1. The third-order valence-electron chi connectivity index (χ3n) is 4.85. The standard InChI is InChI=1S/C24H25N5O/c1-16(2)14-29(18-9-5-4-6-10-18)24-19-11-12-20(22-17(3)8-7-13-25-22)26-23(19)27-21(15-30)28-24/h4-13,16,30H,14-15H2,1-3H3. The Balaban J connectivity index is 1.91. The number of aliphatic hydroxyl groups excluding tert-OH is 1. The predicted octanol–water partition coefficient (Wildman–Crippen LogP) is 4.68. The highest BCUT2D eigenvalue weighted by atomic mass is 16.3. The van der Waals surface area contributed by atoms with Gasteiger partial charge in [0.1, 0.15) is 12.4 Å². The molecule has 0 bridgehead atoms. The van der Waals surface area contributed by atoms with Gasteiger partial charge in [-0.2, -0.15) is 0 Å². The van der Waals surface area contributed by atoms with E-state index in [2.05, 4.69) is 45.8 Å². The number of pyridine rings is 2. The topological polar surface area (TPSA) is 75.0 Å². The number of nitrogens with zero attached hydrogens (tertiary/aromatic N) is 5.